The Labute approximate surface area is 154 Å². The second-order valence-corrected chi connectivity index (χ2v) is 6.50. The van der Waals surface area contributed by atoms with Crippen LogP contribution in [0.3, 0.4) is 0 Å². The number of aromatic nitrogens is 3. The fourth-order valence-corrected chi connectivity index (χ4v) is 3.44. The van der Waals surface area contributed by atoms with E-state index in [0.29, 0.717) is 12.6 Å². The molecule has 0 bridgehead atoms. The van der Waals surface area contributed by atoms with E-state index in [0.717, 1.165) is 23.6 Å². The van der Waals surface area contributed by atoms with Crippen LogP contribution in [0.5, 0.6) is 0 Å². The third-order valence-electron chi connectivity index (χ3n) is 3.83. The van der Waals surface area contributed by atoms with Crippen molar-refractivity contribution in [3.05, 3.63) is 12.2 Å². The molecule has 0 aliphatic heterocycles. The van der Waals surface area contributed by atoms with Crippen LogP contribution < -0.4 is 10.6 Å². The van der Waals surface area contributed by atoms with Crippen LogP contribution in [-0.4, -0.2) is 44.8 Å². The molecule has 0 radical (unpaired) electrons. The van der Waals surface area contributed by atoms with E-state index in [1.165, 1.54) is 25.7 Å². The van der Waals surface area contributed by atoms with E-state index in [4.69, 9.17) is 0 Å². The van der Waals surface area contributed by atoms with Crippen LogP contribution >= 0.6 is 35.7 Å². The van der Waals surface area contributed by atoms with Crippen LogP contribution in [0, 0.1) is 0 Å². The van der Waals surface area contributed by atoms with E-state index in [-0.39, 0.29) is 24.0 Å². The van der Waals surface area contributed by atoms with Gasteiger partial charge in [-0.2, -0.15) is 16.9 Å². The summed E-state index contributed by atoms with van der Waals surface area (Å²) in [5.41, 5.74) is 0. The van der Waals surface area contributed by atoms with Crippen molar-refractivity contribution >= 4 is 41.7 Å². The molecule has 8 heteroatoms. The van der Waals surface area contributed by atoms with E-state index in [2.05, 4.69) is 38.9 Å². The lowest BCUT2D eigenvalue weighted by Gasteiger charge is -2.29. The Morgan fingerprint density at radius 3 is 2.95 bits per heavy atom. The molecule has 1 aromatic rings. The van der Waals surface area contributed by atoms with Crippen LogP contribution in [0.15, 0.2) is 11.3 Å². The Morgan fingerprint density at radius 1 is 1.50 bits per heavy atom. The second-order valence-electron chi connectivity index (χ2n) is 5.36. The molecule has 2 N–H and O–H groups in total. The zero-order valence-corrected chi connectivity index (χ0v) is 16.7. The molecule has 0 aromatic carbocycles. The van der Waals surface area contributed by atoms with E-state index in [1.807, 2.05) is 18.8 Å². The summed E-state index contributed by atoms with van der Waals surface area (Å²) in [6.07, 6.45) is 8.86. The van der Waals surface area contributed by atoms with Gasteiger partial charge < -0.3 is 10.6 Å². The van der Waals surface area contributed by atoms with Gasteiger partial charge in [0.05, 0.1) is 0 Å². The van der Waals surface area contributed by atoms with Gasteiger partial charge in [-0.05, 0) is 32.4 Å². The quantitative estimate of drug-likeness (QED) is 0.419. The van der Waals surface area contributed by atoms with Gasteiger partial charge in [0.25, 0.3) is 0 Å². The summed E-state index contributed by atoms with van der Waals surface area (Å²) in [6.45, 7) is 3.50. The third-order valence-corrected chi connectivity index (χ3v) is 4.92. The second kappa shape index (κ2) is 10.3. The van der Waals surface area contributed by atoms with Crippen molar-refractivity contribution in [2.45, 2.75) is 50.4 Å². The zero-order valence-electron chi connectivity index (χ0n) is 13.6. The van der Waals surface area contributed by atoms with E-state index < -0.39 is 0 Å². The highest BCUT2D eigenvalue weighted by molar-refractivity contribution is 14.0. The summed E-state index contributed by atoms with van der Waals surface area (Å²) in [5, 5.41) is 11.7. The molecule has 0 saturated heterocycles. The first-order chi connectivity index (χ1) is 10.2. The summed E-state index contributed by atoms with van der Waals surface area (Å²) in [7, 11) is 1.89. The van der Waals surface area contributed by atoms with Crippen molar-refractivity contribution in [3.63, 3.8) is 0 Å². The number of rotatable bonds is 5. The average Bonchev–Trinajstić information content (AvgIpc) is 2.90. The Balaban J connectivity index is 0.00000242. The summed E-state index contributed by atoms with van der Waals surface area (Å²) in [6, 6.07) is 0.522. The predicted molar refractivity (Wildman–Crippen MR) is 104 cm³/mol. The maximum atomic E-state index is 4.63. The van der Waals surface area contributed by atoms with Crippen LogP contribution in [0.1, 0.15) is 38.4 Å². The van der Waals surface area contributed by atoms with Crippen molar-refractivity contribution in [1.29, 1.82) is 0 Å². The maximum Gasteiger partial charge on any atom is 0.191 e. The smallest absolute Gasteiger partial charge is 0.191 e. The number of hydrogen-bond acceptors (Lipinski definition) is 4. The van der Waals surface area contributed by atoms with Crippen LogP contribution in [0.2, 0.25) is 0 Å². The minimum Gasteiger partial charge on any atom is -0.357 e. The molecule has 1 aliphatic carbocycles. The van der Waals surface area contributed by atoms with Gasteiger partial charge in [-0.1, -0.05) is 6.42 Å². The number of halogens is 1. The monoisotopic (exact) mass is 438 g/mol. The first kappa shape index (κ1) is 19.5. The van der Waals surface area contributed by atoms with Gasteiger partial charge in [0, 0.05) is 24.9 Å². The van der Waals surface area contributed by atoms with Crippen LogP contribution in [-0.2, 0) is 13.6 Å². The topological polar surface area (TPSA) is 67.1 Å². The minimum atomic E-state index is 0. The van der Waals surface area contributed by atoms with Gasteiger partial charge in [0.2, 0.25) is 0 Å². The number of aliphatic imine (C=N–C) groups is 1. The van der Waals surface area contributed by atoms with Gasteiger partial charge in [-0.15, -0.1) is 24.0 Å². The van der Waals surface area contributed by atoms with Crippen molar-refractivity contribution in [3.8, 4) is 0 Å². The molecule has 126 valence electrons. The van der Waals surface area contributed by atoms with Crippen molar-refractivity contribution < 1.29 is 0 Å². The van der Waals surface area contributed by atoms with Gasteiger partial charge in [-0.3, -0.25) is 4.68 Å². The molecule has 2 atom stereocenters. The van der Waals surface area contributed by atoms with Gasteiger partial charge in [0.1, 0.15) is 18.7 Å². The number of guanidine groups is 1. The van der Waals surface area contributed by atoms with Crippen molar-refractivity contribution in [1.82, 2.24) is 25.4 Å². The normalized spacial score (nSPS) is 22.0. The molecule has 0 spiro atoms. The van der Waals surface area contributed by atoms with E-state index in [1.54, 1.807) is 11.0 Å². The Morgan fingerprint density at radius 2 is 2.32 bits per heavy atom. The third kappa shape index (κ3) is 5.94. The molecular weight excluding hydrogens is 411 g/mol. The molecule has 1 saturated carbocycles. The minimum absolute atomic E-state index is 0. The molecule has 0 amide bonds. The van der Waals surface area contributed by atoms with Crippen LogP contribution in [0.4, 0.5) is 0 Å². The Hall–Kier alpha value is -0.510. The van der Waals surface area contributed by atoms with E-state index >= 15 is 0 Å². The largest absolute Gasteiger partial charge is 0.357 e. The first-order valence-electron chi connectivity index (χ1n) is 7.63. The van der Waals surface area contributed by atoms with Gasteiger partial charge in [0.15, 0.2) is 5.96 Å². The molecule has 2 rings (SSSR count). The van der Waals surface area contributed by atoms with E-state index in [9.17, 15) is 0 Å². The molecule has 1 fully saturated rings. The number of aryl methyl sites for hydroxylation is 1. The van der Waals surface area contributed by atoms with Crippen LogP contribution in [0.25, 0.3) is 0 Å². The molecule has 2 unspecified atom stereocenters. The molecular formula is C14H27IN6S. The number of thioether (sulfide) groups is 1. The van der Waals surface area contributed by atoms with Gasteiger partial charge >= 0.3 is 0 Å². The summed E-state index contributed by atoms with van der Waals surface area (Å²) in [5.74, 6) is 1.75. The lowest BCUT2D eigenvalue weighted by atomic mass is 9.95. The number of nitrogens with one attached hydrogen (secondary N) is 2. The standard InChI is InChI=1S/C14H26N6S.HI/c1-4-15-14(16-9-13-17-10-18-20(13)2)19-11-6-5-7-12(8-11)21-3;/h10-12H,4-9H2,1-3H3,(H2,15,16,19);1H. The SMILES string of the molecule is CCNC(=NCc1ncnn1C)NC1CCCC(SC)C1.I. The average molecular weight is 438 g/mol. The lowest BCUT2D eigenvalue weighted by Crippen LogP contribution is -2.45. The summed E-state index contributed by atoms with van der Waals surface area (Å²) >= 11 is 1.98. The van der Waals surface area contributed by atoms with Crippen molar-refractivity contribution in [2.24, 2.45) is 12.0 Å². The number of hydrogen-bond donors (Lipinski definition) is 2. The maximum absolute atomic E-state index is 4.63. The molecule has 1 aliphatic rings. The molecule has 6 nitrogen and oxygen atoms in total. The summed E-state index contributed by atoms with van der Waals surface area (Å²) < 4.78 is 1.76. The fraction of sp³-hybridized carbons (Fsp3) is 0.786. The van der Waals surface area contributed by atoms with Gasteiger partial charge in [-0.25, -0.2) is 9.98 Å². The highest BCUT2D eigenvalue weighted by Crippen LogP contribution is 2.26. The highest BCUT2D eigenvalue weighted by atomic mass is 127. The molecule has 1 heterocycles. The fourth-order valence-electron chi connectivity index (χ4n) is 2.62. The number of nitrogens with zero attached hydrogens (tertiary/aromatic N) is 4. The molecule has 1 aromatic heterocycles. The summed E-state index contributed by atoms with van der Waals surface area (Å²) in [4.78, 5) is 8.83. The highest BCUT2D eigenvalue weighted by Gasteiger charge is 2.21. The predicted octanol–water partition coefficient (Wildman–Crippen LogP) is 2.16. The Bertz CT molecular complexity index is 464. The zero-order chi connectivity index (χ0) is 15.1. The van der Waals surface area contributed by atoms with Crippen molar-refractivity contribution in [2.75, 3.05) is 12.8 Å². The first-order valence-corrected chi connectivity index (χ1v) is 8.92. The Kier molecular flexibility index (Phi) is 9.15. The lowest BCUT2D eigenvalue weighted by molar-refractivity contribution is 0.419. The molecule has 22 heavy (non-hydrogen) atoms.